The van der Waals surface area contributed by atoms with Crippen molar-refractivity contribution in [3.8, 4) is 5.75 Å². The van der Waals surface area contributed by atoms with E-state index in [9.17, 15) is 45.0 Å². The van der Waals surface area contributed by atoms with Crippen LogP contribution in [0, 0.1) is 11.8 Å². The van der Waals surface area contributed by atoms with Crippen molar-refractivity contribution >= 4 is 35.0 Å². The van der Waals surface area contributed by atoms with E-state index in [-0.39, 0.29) is 22.8 Å². The van der Waals surface area contributed by atoms with Crippen LogP contribution in [0.3, 0.4) is 0 Å². The van der Waals surface area contributed by atoms with Crippen molar-refractivity contribution in [1.29, 1.82) is 0 Å². The summed E-state index contributed by atoms with van der Waals surface area (Å²) >= 11 is 1.19. The van der Waals surface area contributed by atoms with Gasteiger partial charge in [0.05, 0.1) is 36.3 Å². The van der Waals surface area contributed by atoms with Gasteiger partial charge in [0.15, 0.2) is 11.4 Å². The lowest BCUT2D eigenvalue weighted by atomic mass is 9.54. The summed E-state index contributed by atoms with van der Waals surface area (Å²) < 4.78 is 0. The molecule has 1 aromatic rings. The number of phenols is 1. The number of amides is 1. The normalized spacial score (nSPS) is 31.7. The molecule has 4 rings (SSSR count). The number of carbonyl (C=O) groups excluding carboxylic acids is 3. The second kappa shape index (κ2) is 9.98. The fourth-order valence-electron chi connectivity index (χ4n) is 5.98. The van der Waals surface area contributed by atoms with E-state index in [2.05, 4.69) is 0 Å². The molecular weight excluding hydrogens is 520 g/mol. The molecule has 0 aromatic heterocycles. The van der Waals surface area contributed by atoms with Gasteiger partial charge in [-0.25, -0.2) is 0 Å². The number of hydrogen-bond donors (Lipinski definition) is 8. The van der Waals surface area contributed by atoms with Crippen LogP contribution in [0.1, 0.15) is 17.0 Å². The SMILES string of the molecule is CN(C)[C@@H]1C(=O)C(C(N)=O)=C(O)[C@@]2(O)C(=O)C3=C(O)c4c(O)cccc4[C@H](CSCC(O)CO)C3[C@H](O)C12. The molecule has 9 N–H and O–H groups in total. The molecule has 1 amide bonds. The molecule has 1 aromatic carbocycles. The van der Waals surface area contributed by atoms with Gasteiger partial charge in [-0.2, -0.15) is 11.8 Å². The van der Waals surface area contributed by atoms with E-state index in [4.69, 9.17) is 10.8 Å². The Morgan fingerprint density at radius 2 is 1.87 bits per heavy atom. The van der Waals surface area contributed by atoms with Crippen LogP contribution in [-0.2, 0) is 14.4 Å². The fraction of sp³-hybridized carbons (Fsp3) is 0.480. The molecule has 206 valence electrons. The number of thioether (sulfide) groups is 1. The predicted molar refractivity (Wildman–Crippen MR) is 135 cm³/mol. The van der Waals surface area contributed by atoms with Crippen LogP contribution in [0.15, 0.2) is 35.1 Å². The van der Waals surface area contributed by atoms with Crippen molar-refractivity contribution in [1.82, 2.24) is 4.90 Å². The number of nitrogens with two attached hydrogens (primary N) is 1. The number of aromatic hydroxyl groups is 1. The smallest absolute Gasteiger partial charge is 0.255 e. The van der Waals surface area contributed by atoms with Gasteiger partial charge in [-0.05, 0) is 25.7 Å². The summed E-state index contributed by atoms with van der Waals surface area (Å²) in [5.41, 5.74) is 1.12. The van der Waals surface area contributed by atoms with E-state index in [0.717, 1.165) is 0 Å². The summed E-state index contributed by atoms with van der Waals surface area (Å²) in [4.78, 5) is 40.6. The third-order valence-electron chi connectivity index (χ3n) is 7.62. The van der Waals surface area contributed by atoms with Gasteiger partial charge >= 0.3 is 0 Å². The van der Waals surface area contributed by atoms with Crippen LogP contribution < -0.4 is 5.73 Å². The van der Waals surface area contributed by atoms with E-state index >= 15 is 0 Å². The highest BCUT2D eigenvalue weighted by molar-refractivity contribution is 7.99. The summed E-state index contributed by atoms with van der Waals surface area (Å²) in [6.07, 6.45) is -2.76. The summed E-state index contributed by atoms with van der Waals surface area (Å²) in [7, 11) is 2.86. The number of likely N-dealkylation sites (N-methyl/N-ethyl adjacent to an activating group) is 1. The number of phenolic OH excluding ortho intramolecular Hbond substituents is 1. The van der Waals surface area contributed by atoms with Gasteiger partial charge in [0, 0.05) is 28.9 Å². The lowest BCUT2D eigenvalue weighted by Crippen LogP contribution is -2.70. The molecule has 0 radical (unpaired) electrons. The number of primary amides is 1. The first-order chi connectivity index (χ1) is 17.8. The third kappa shape index (κ3) is 3.92. The highest BCUT2D eigenvalue weighted by Crippen LogP contribution is 2.56. The third-order valence-corrected chi connectivity index (χ3v) is 8.83. The zero-order chi connectivity index (χ0) is 28.3. The van der Waals surface area contributed by atoms with Crippen molar-refractivity contribution in [2.75, 3.05) is 32.2 Å². The van der Waals surface area contributed by atoms with Crippen molar-refractivity contribution in [2.24, 2.45) is 17.6 Å². The number of Topliss-reactive ketones (excluding diaryl/α,β-unsaturated/α-hetero) is 2. The lowest BCUT2D eigenvalue weighted by Gasteiger charge is -2.54. The minimum atomic E-state index is -2.99. The molecule has 0 heterocycles. The molecule has 1 fully saturated rings. The number of carbonyl (C=O) groups is 3. The summed E-state index contributed by atoms with van der Waals surface area (Å²) in [6.45, 7) is -0.485. The molecule has 0 saturated heterocycles. The lowest BCUT2D eigenvalue weighted by molar-refractivity contribution is -0.169. The monoisotopic (exact) mass is 550 g/mol. The number of hydrogen-bond acceptors (Lipinski definition) is 12. The standard InChI is InChI=1S/C25H30N2O10S/c1-27(2)18-17-20(32)14-11(8-38-7-9(29)6-28)10-4-3-5-12(30)13(10)19(31)15(14)22(34)25(17,37)23(35)16(21(18)33)24(26)36/h3-5,9,11,14,17-18,20,28-32,35,37H,6-8H2,1-2H3,(H2,26,36)/t9?,11-,14?,17?,18-,20-,25-/m0/s1. The van der Waals surface area contributed by atoms with E-state index in [0.29, 0.717) is 5.56 Å². The Labute approximate surface area is 221 Å². The van der Waals surface area contributed by atoms with Gasteiger partial charge in [0.1, 0.15) is 22.8 Å². The quantitative estimate of drug-likeness (QED) is 0.183. The second-order valence-corrected chi connectivity index (χ2v) is 11.1. The Kier molecular flexibility index (Phi) is 7.38. The maximum atomic E-state index is 14.0. The molecule has 38 heavy (non-hydrogen) atoms. The van der Waals surface area contributed by atoms with Crippen molar-refractivity contribution in [3.05, 3.63) is 46.2 Å². The van der Waals surface area contributed by atoms with Crippen LogP contribution in [0.2, 0.25) is 0 Å². The van der Waals surface area contributed by atoms with Gasteiger partial charge in [0.25, 0.3) is 5.91 Å². The first kappa shape index (κ1) is 28.1. The number of fused-ring (bicyclic) bond motifs is 3. The van der Waals surface area contributed by atoms with Gasteiger partial charge in [-0.1, -0.05) is 12.1 Å². The Hall–Kier alpha value is -2.94. The van der Waals surface area contributed by atoms with Crippen molar-refractivity contribution in [3.63, 3.8) is 0 Å². The number of ketones is 2. The largest absolute Gasteiger partial charge is 0.508 e. The average Bonchev–Trinajstić information content (AvgIpc) is 2.84. The first-order valence-corrected chi connectivity index (χ1v) is 13.0. The molecule has 3 aliphatic carbocycles. The topological polar surface area (TPSA) is 222 Å². The molecule has 7 atom stereocenters. The first-order valence-electron chi connectivity index (χ1n) is 11.8. The fourth-order valence-corrected chi connectivity index (χ4v) is 7.13. The average molecular weight is 551 g/mol. The van der Waals surface area contributed by atoms with Crippen molar-refractivity contribution in [2.45, 2.75) is 29.8 Å². The number of aliphatic hydroxyl groups excluding tert-OH is 5. The number of benzene rings is 1. The van der Waals surface area contributed by atoms with E-state index in [1.165, 1.54) is 42.9 Å². The van der Waals surface area contributed by atoms with Gasteiger partial charge in [-0.15, -0.1) is 0 Å². The van der Waals surface area contributed by atoms with E-state index in [1.807, 2.05) is 0 Å². The Morgan fingerprint density at radius 3 is 2.45 bits per heavy atom. The highest BCUT2D eigenvalue weighted by Gasteiger charge is 2.68. The molecule has 0 bridgehead atoms. The van der Waals surface area contributed by atoms with Gasteiger partial charge in [0.2, 0.25) is 5.78 Å². The number of aliphatic hydroxyl groups is 6. The maximum Gasteiger partial charge on any atom is 0.255 e. The molecule has 12 nitrogen and oxygen atoms in total. The highest BCUT2D eigenvalue weighted by atomic mass is 32.2. The minimum Gasteiger partial charge on any atom is -0.508 e. The second-order valence-electron chi connectivity index (χ2n) is 9.98. The van der Waals surface area contributed by atoms with Crippen LogP contribution >= 0.6 is 11.8 Å². The Balaban J connectivity index is 1.97. The molecule has 0 aliphatic heterocycles. The molecule has 1 saturated carbocycles. The number of nitrogens with zero attached hydrogens (tertiary/aromatic N) is 1. The van der Waals surface area contributed by atoms with E-state index in [1.54, 1.807) is 6.07 Å². The van der Waals surface area contributed by atoms with Crippen LogP contribution in [0.5, 0.6) is 5.75 Å². The van der Waals surface area contributed by atoms with Gasteiger partial charge < -0.3 is 41.5 Å². The van der Waals surface area contributed by atoms with Crippen LogP contribution in [0.25, 0.3) is 5.76 Å². The maximum absolute atomic E-state index is 14.0. The molecular formula is C25H30N2O10S. The van der Waals surface area contributed by atoms with Gasteiger partial charge in [-0.3, -0.25) is 19.3 Å². The van der Waals surface area contributed by atoms with Crippen LogP contribution in [-0.4, -0.2) is 114 Å². The summed E-state index contributed by atoms with van der Waals surface area (Å²) in [5, 5.41) is 75.1. The minimum absolute atomic E-state index is 0.0978. The zero-order valence-electron chi connectivity index (χ0n) is 20.6. The molecule has 13 heteroatoms. The predicted octanol–water partition coefficient (Wildman–Crippen LogP) is -1.44. The Bertz CT molecular complexity index is 1260. The summed E-state index contributed by atoms with van der Waals surface area (Å²) in [6, 6.07) is 2.93. The molecule has 0 spiro atoms. The number of rotatable bonds is 7. The van der Waals surface area contributed by atoms with Crippen molar-refractivity contribution < 1.29 is 50.1 Å². The van der Waals surface area contributed by atoms with Crippen LogP contribution in [0.4, 0.5) is 0 Å². The molecule has 3 aliphatic rings. The Morgan fingerprint density at radius 1 is 1.21 bits per heavy atom. The molecule has 3 unspecified atom stereocenters. The zero-order valence-corrected chi connectivity index (χ0v) is 21.4. The summed E-state index contributed by atoms with van der Waals surface area (Å²) in [5.74, 6) is -9.41. The van der Waals surface area contributed by atoms with E-state index < -0.39 is 88.3 Å².